The average Bonchev–Trinajstić information content (AvgIpc) is 4.12. The summed E-state index contributed by atoms with van der Waals surface area (Å²) in [4.78, 5) is 30.8. The maximum atomic E-state index is 13.2. The van der Waals surface area contributed by atoms with E-state index in [-0.39, 0.29) is 11.1 Å². The minimum atomic E-state index is -0.567. The molecule has 13 nitrogen and oxygen atoms in total. The molecule has 7 aromatic rings. The highest BCUT2D eigenvalue weighted by molar-refractivity contribution is 5.90. The van der Waals surface area contributed by atoms with Gasteiger partial charge in [-0.25, -0.2) is 8.78 Å². The van der Waals surface area contributed by atoms with E-state index in [9.17, 15) is 18.9 Å². The fourth-order valence-corrected chi connectivity index (χ4v) is 9.79. The Balaban J connectivity index is 0.000000203. The summed E-state index contributed by atoms with van der Waals surface area (Å²) in [7, 11) is 5.99. The van der Waals surface area contributed by atoms with E-state index < -0.39 is 16.6 Å². The van der Waals surface area contributed by atoms with Crippen LogP contribution in [0.2, 0.25) is 0 Å². The first-order valence-electron chi connectivity index (χ1n) is 29.3. The molecule has 4 fully saturated rings. The van der Waals surface area contributed by atoms with E-state index in [2.05, 4.69) is 103 Å². The Bertz CT molecular complexity index is 3020. The van der Waals surface area contributed by atoms with E-state index >= 15 is 0 Å². The number of piperidine rings is 2. The normalized spacial score (nSPS) is 17.7. The zero-order valence-electron chi connectivity index (χ0n) is 51.8. The maximum Gasteiger partial charge on any atom is 0.295 e. The van der Waals surface area contributed by atoms with Crippen molar-refractivity contribution in [2.24, 2.45) is 17.8 Å². The summed E-state index contributed by atoms with van der Waals surface area (Å²) in [6, 6.07) is 27.0. The summed E-state index contributed by atoms with van der Waals surface area (Å²) < 4.78 is 36.5. The first kappa shape index (κ1) is 68.1. The second kappa shape index (κ2) is 35.6. The van der Waals surface area contributed by atoms with Gasteiger partial charge in [0.1, 0.15) is 23.6 Å². The number of hydrogen-bond acceptors (Lipinski definition) is 11. The summed E-state index contributed by atoms with van der Waals surface area (Å²) in [5.74, 6) is 2.70. The van der Waals surface area contributed by atoms with Crippen LogP contribution in [0, 0.1) is 78.5 Å². The number of aryl methyl sites for hydroxylation is 4. The number of rotatable bonds is 4. The first-order chi connectivity index (χ1) is 39.1. The van der Waals surface area contributed by atoms with Crippen molar-refractivity contribution in [2.75, 3.05) is 86.8 Å². The number of likely N-dealkylation sites (tertiary alicyclic amines) is 3. The molecule has 4 aromatic carbocycles. The third-order valence-electron chi connectivity index (χ3n) is 15.3. The lowest BCUT2D eigenvalue weighted by Crippen LogP contribution is -2.40. The Morgan fingerprint density at radius 3 is 1.98 bits per heavy atom. The molecule has 4 aliphatic rings. The second-order valence-electron chi connectivity index (χ2n) is 22.9. The van der Waals surface area contributed by atoms with Crippen molar-refractivity contribution >= 4 is 38.3 Å². The summed E-state index contributed by atoms with van der Waals surface area (Å²) in [5, 5.41) is 21.9. The Morgan fingerprint density at radius 2 is 1.44 bits per heavy atom. The molecule has 0 spiro atoms. The van der Waals surface area contributed by atoms with Crippen LogP contribution in [0.3, 0.4) is 0 Å². The lowest BCUT2D eigenvalue weighted by atomic mass is 9.98. The Hall–Kier alpha value is -6.41. The van der Waals surface area contributed by atoms with Crippen LogP contribution in [0.15, 0.2) is 104 Å². The van der Waals surface area contributed by atoms with Crippen LogP contribution in [-0.2, 0) is 4.74 Å². The molecule has 0 amide bonds. The van der Waals surface area contributed by atoms with E-state index in [1.165, 1.54) is 102 Å². The van der Waals surface area contributed by atoms with E-state index in [1.54, 1.807) is 32.4 Å². The van der Waals surface area contributed by atoms with E-state index in [1.807, 2.05) is 81.6 Å². The van der Waals surface area contributed by atoms with Gasteiger partial charge >= 0.3 is 0 Å². The quantitative estimate of drug-likeness (QED) is 0.133. The number of halogens is 2. The second-order valence-corrected chi connectivity index (χ2v) is 22.9. The van der Waals surface area contributed by atoms with E-state index in [0.29, 0.717) is 16.9 Å². The van der Waals surface area contributed by atoms with Crippen LogP contribution in [-0.4, -0.2) is 138 Å². The number of nitro groups is 1. The number of aromatic nitrogens is 3. The van der Waals surface area contributed by atoms with Gasteiger partial charge in [-0.3, -0.25) is 25.0 Å². The Kier molecular flexibility index (Phi) is 29.5. The largest absolute Gasteiger partial charge is 0.497 e. The van der Waals surface area contributed by atoms with Gasteiger partial charge in [-0.15, -0.1) is 0 Å². The molecule has 0 radical (unpaired) electrons. The third kappa shape index (κ3) is 23.5. The number of likely N-dealkylation sites (N-methyl/N-ethyl adjacent to an activating group) is 1. The molecule has 3 aromatic heterocycles. The minimum absolute atomic E-state index is 0.0342. The van der Waals surface area contributed by atoms with Crippen LogP contribution < -0.4 is 4.74 Å². The highest BCUT2D eigenvalue weighted by Gasteiger charge is 2.18. The van der Waals surface area contributed by atoms with Crippen molar-refractivity contribution in [1.29, 1.82) is 5.26 Å². The van der Waals surface area contributed by atoms with Crippen molar-refractivity contribution in [1.82, 2.24) is 34.6 Å². The molecule has 446 valence electrons. The average molecular weight is 1130 g/mol. The number of fused-ring (bicyclic) bond motifs is 3. The zero-order chi connectivity index (χ0) is 60.3. The Labute approximate surface area is 489 Å². The molecule has 0 bridgehead atoms. The summed E-state index contributed by atoms with van der Waals surface area (Å²) in [5.41, 5.74) is 6.34. The highest BCUT2D eigenvalue weighted by Crippen LogP contribution is 2.25. The van der Waals surface area contributed by atoms with Gasteiger partial charge in [-0.2, -0.15) is 5.26 Å². The molecule has 0 aliphatic carbocycles. The lowest BCUT2D eigenvalue weighted by molar-refractivity contribution is -0.383. The zero-order valence-corrected chi connectivity index (χ0v) is 51.8. The highest BCUT2D eigenvalue weighted by atomic mass is 19.1. The number of methoxy groups -OCH3 is 1. The van der Waals surface area contributed by atoms with Crippen molar-refractivity contribution < 1.29 is 23.2 Å². The topological polar surface area (TPSA) is 140 Å². The molecule has 15 heteroatoms. The molecule has 4 saturated heterocycles. The van der Waals surface area contributed by atoms with Gasteiger partial charge in [0.05, 0.1) is 53.2 Å². The number of ether oxygens (including phenoxy) is 2. The van der Waals surface area contributed by atoms with E-state index in [4.69, 9.17) is 14.7 Å². The van der Waals surface area contributed by atoms with Crippen molar-refractivity contribution in [3.8, 4) is 11.8 Å². The van der Waals surface area contributed by atoms with Crippen molar-refractivity contribution in [2.45, 2.75) is 120 Å². The number of H-pyrrole nitrogens is 1. The van der Waals surface area contributed by atoms with Crippen LogP contribution >= 0.6 is 0 Å². The minimum Gasteiger partial charge on any atom is -0.497 e. The smallest absolute Gasteiger partial charge is 0.295 e. The van der Waals surface area contributed by atoms with Gasteiger partial charge in [0.25, 0.3) is 5.69 Å². The molecule has 0 saturated carbocycles. The molecule has 2 atom stereocenters. The fourth-order valence-electron chi connectivity index (χ4n) is 9.79. The molecular formula is C67H95F2N9O4. The number of pyridine rings is 2. The Morgan fingerprint density at radius 1 is 0.780 bits per heavy atom. The van der Waals surface area contributed by atoms with Crippen molar-refractivity contribution in [3.63, 3.8) is 0 Å². The van der Waals surface area contributed by atoms with Gasteiger partial charge in [-0.05, 0) is 229 Å². The SMILES string of the molecule is CC1CCN(C(C)C)CC1.CC1CCN(C)C1.CC1COCCN1C.CCN1CCC(C)CC1.COc1cccc(C)c1.Cc1cc(C#N)c2cc[nH]c2c1.Cc1cc(F)c2c(F)ccnc2c1.Cc1ccc2c([N+](=O)[O-])cncc2c1. The van der Waals surface area contributed by atoms with E-state index in [0.717, 1.165) is 93.9 Å². The predicted molar refractivity (Wildman–Crippen MR) is 335 cm³/mol. The first-order valence-corrected chi connectivity index (χ1v) is 29.3. The third-order valence-corrected chi connectivity index (χ3v) is 15.3. The summed E-state index contributed by atoms with van der Waals surface area (Å²) in [6.07, 6.45) is 13.1. The molecule has 1 N–H and O–H groups in total. The predicted octanol–water partition coefficient (Wildman–Crippen LogP) is 14.8. The van der Waals surface area contributed by atoms with Gasteiger partial charge in [0.2, 0.25) is 0 Å². The summed E-state index contributed by atoms with van der Waals surface area (Å²) >= 11 is 0. The summed E-state index contributed by atoms with van der Waals surface area (Å²) in [6.45, 7) is 35.8. The molecule has 82 heavy (non-hydrogen) atoms. The number of aromatic amines is 1. The number of benzene rings is 4. The molecule has 11 rings (SSSR count). The van der Waals surface area contributed by atoms with Crippen molar-refractivity contribution in [3.05, 3.63) is 153 Å². The number of nitriles is 1. The molecule has 7 heterocycles. The number of morpholine rings is 1. The number of nitrogens with one attached hydrogen (secondary N) is 1. The number of hydrogen-bond donors (Lipinski definition) is 1. The molecule has 4 aliphatic heterocycles. The molecular weight excluding hydrogens is 1030 g/mol. The monoisotopic (exact) mass is 1130 g/mol. The van der Waals surface area contributed by atoms with Crippen LogP contribution in [0.5, 0.6) is 5.75 Å². The van der Waals surface area contributed by atoms with Crippen LogP contribution in [0.1, 0.15) is 108 Å². The van der Waals surface area contributed by atoms with Crippen LogP contribution in [0.4, 0.5) is 14.5 Å². The van der Waals surface area contributed by atoms with Gasteiger partial charge in [0.15, 0.2) is 0 Å². The fraction of sp³-hybridized carbons (Fsp3) is 0.507. The lowest BCUT2D eigenvalue weighted by Gasteiger charge is -2.33. The van der Waals surface area contributed by atoms with Gasteiger partial charge in [-0.1, -0.05) is 51.5 Å². The van der Waals surface area contributed by atoms with Gasteiger partial charge in [0, 0.05) is 60.1 Å². The maximum absolute atomic E-state index is 13.2. The molecule has 2 unspecified atom stereocenters. The number of nitrogens with zero attached hydrogens (tertiary/aromatic N) is 8. The standard InChI is InChI=1S/C10H7F2N.C10H8N2O2.C10H8N2.C9H19N.C8H17N.C8H10O.C6H13NO.C6H13N/c1-6-4-8(12)10-7(11)2-3-13-9(10)5-6;1-7-2-3-9-8(4-7)5-11-6-10(9)12(13)14;1-7-4-8(6-11)9-2-3-12-10(9)5-7;1-8(2)10-6-4-9(3)5-7-10;1-3-9-6-4-8(2)5-7-9;1-7-4-3-5-8(6-7)9-2;1-6-5-8-4-3-7(6)2;1-6-3-4-7(2)5-6/h2-5H,1H3;2-6H,1H3;2-5,12H,1H3;8-9H,4-7H2,1-3H3;8H,3-7H2,1-2H3;3-6H,1-2H3;6H,3-5H2,1-2H3;6H,3-5H2,1-2H3. The van der Waals surface area contributed by atoms with Crippen LogP contribution in [0.25, 0.3) is 32.6 Å². The van der Waals surface area contributed by atoms with Gasteiger partial charge < -0.3 is 29.2 Å².